The topological polar surface area (TPSA) is 64.3 Å². The van der Waals surface area contributed by atoms with Crippen LogP contribution in [0.3, 0.4) is 0 Å². The Balaban J connectivity index is 2.25. The number of aliphatic imine (C=N–C) groups is 1. The summed E-state index contributed by atoms with van der Waals surface area (Å²) in [5, 5.41) is 3.72. The van der Waals surface area contributed by atoms with Crippen molar-refractivity contribution >= 4 is 22.9 Å². The minimum atomic E-state index is 0.371. The molecule has 1 unspecified atom stereocenters. The molecule has 0 spiro atoms. The normalized spacial score (nSPS) is 13.1. The minimum absolute atomic E-state index is 0.371. The van der Waals surface area contributed by atoms with Gasteiger partial charge in [0.2, 0.25) is 5.88 Å². The van der Waals surface area contributed by atoms with Gasteiger partial charge in [0.1, 0.15) is 0 Å². The lowest BCUT2D eigenvalue weighted by atomic mass is 10.1. The van der Waals surface area contributed by atoms with E-state index in [0.717, 1.165) is 59.4 Å². The number of aryl methyl sites for hydroxylation is 1. The average molecular weight is 476 g/mol. The molecule has 1 atom stereocenters. The van der Waals surface area contributed by atoms with Crippen LogP contribution in [0.25, 0.3) is 22.3 Å². The van der Waals surface area contributed by atoms with Crippen molar-refractivity contribution in [2.45, 2.75) is 80.2 Å². The van der Waals surface area contributed by atoms with Gasteiger partial charge in [-0.3, -0.25) is 4.99 Å². The number of rotatable bonds is 12. The summed E-state index contributed by atoms with van der Waals surface area (Å²) >= 11 is 0. The fourth-order valence-corrected chi connectivity index (χ4v) is 4.54. The Bertz CT molecular complexity index is 1190. The minimum Gasteiger partial charge on any atom is -0.477 e. The molecule has 0 fully saturated rings. The number of nitrogens with zero attached hydrogens (tertiary/aromatic N) is 4. The van der Waals surface area contributed by atoms with Gasteiger partial charge in [0.15, 0.2) is 0 Å². The van der Waals surface area contributed by atoms with E-state index in [0.29, 0.717) is 25.1 Å². The quantitative estimate of drug-likeness (QED) is 0.275. The summed E-state index contributed by atoms with van der Waals surface area (Å²) in [6, 6.07) is 6.49. The smallest absolute Gasteiger partial charge is 0.222 e. The van der Waals surface area contributed by atoms with E-state index in [4.69, 9.17) is 9.72 Å². The first-order valence-electron chi connectivity index (χ1n) is 13.0. The summed E-state index contributed by atoms with van der Waals surface area (Å²) < 4.78 is 8.33. The summed E-state index contributed by atoms with van der Waals surface area (Å²) in [4.78, 5) is 14.3. The number of hydrogen-bond acceptors (Lipinski definition) is 5. The second-order valence-electron chi connectivity index (χ2n) is 8.82. The van der Waals surface area contributed by atoms with E-state index in [1.165, 1.54) is 11.3 Å². The molecule has 0 saturated carbocycles. The number of unbranched alkanes of at least 4 members (excludes halogenated alkanes) is 1. The standard InChI is InChI=1S/C29H41N5O/c1-8-13-15-22(30-11-4)19-32-25-18-24(23-16-14-17-31-29(23)35-12-5)33-27-21(7)26(10-3)34(28(25)27)20(6)9-2/h11,14-18,20H,8-10,12-13,19H2,1-7H3,(H,32,33)/b22-15-,30-11?. The van der Waals surface area contributed by atoms with Crippen LogP contribution in [0.15, 0.2) is 41.2 Å². The fraction of sp³-hybridized carbons (Fsp3) is 0.483. The SMILES string of the molecule is CC=N/C(=C\CCC)CNc1cc(-c2cccnc2OCC)nc2c(C)c(CC)n(C(C)CC)c12. The second-order valence-corrected chi connectivity index (χ2v) is 8.82. The molecule has 0 aliphatic heterocycles. The molecule has 0 bridgehead atoms. The zero-order chi connectivity index (χ0) is 25.4. The van der Waals surface area contributed by atoms with Crippen LogP contribution in [-0.4, -0.2) is 33.9 Å². The zero-order valence-corrected chi connectivity index (χ0v) is 22.5. The van der Waals surface area contributed by atoms with Crippen LogP contribution in [-0.2, 0) is 6.42 Å². The van der Waals surface area contributed by atoms with Gasteiger partial charge in [0.05, 0.1) is 46.8 Å². The lowest BCUT2D eigenvalue weighted by Crippen LogP contribution is -2.11. The Hall–Kier alpha value is -3.15. The average Bonchev–Trinajstić information content (AvgIpc) is 3.17. The molecule has 1 N–H and O–H groups in total. The molecule has 3 aromatic rings. The first kappa shape index (κ1) is 26.5. The molecule has 0 aliphatic carbocycles. The number of aromatic nitrogens is 3. The van der Waals surface area contributed by atoms with Crippen LogP contribution in [0.1, 0.15) is 78.1 Å². The molecule has 35 heavy (non-hydrogen) atoms. The molecule has 6 heteroatoms. The van der Waals surface area contributed by atoms with Crippen molar-refractivity contribution in [2.24, 2.45) is 4.99 Å². The molecule has 0 radical (unpaired) electrons. The van der Waals surface area contributed by atoms with Gasteiger partial charge in [0.25, 0.3) is 0 Å². The number of anilines is 1. The van der Waals surface area contributed by atoms with E-state index in [-0.39, 0.29) is 0 Å². The van der Waals surface area contributed by atoms with Crippen molar-refractivity contribution < 1.29 is 4.74 Å². The Morgan fingerprint density at radius 3 is 2.71 bits per heavy atom. The van der Waals surface area contributed by atoms with Crippen molar-refractivity contribution in [2.75, 3.05) is 18.5 Å². The van der Waals surface area contributed by atoms with Crippen LogP contribution in [0.4, 0.5) is 5.69 Å². The summed E-state index contributed by atoms with van der Waals surface area (Å²) in [6.07, 6.45) is 9.97. The zero-order valence-electron chi connectivity index (χ0n) is 22.5. The number of allylic oxidation sites excluding steroid dienone is 1. The molecule has 3 rings (SSSR count). The maximum Gasteiger partial charge on any atom is 0.222 e. The molecular weight excluding hydrogens is 434 g/mol. The Morgan fingerprint density at radius 2 is 2.06 bits per heavy atom. The van der Waals surface area contributed by atoms with Gasteiger partial charge in [-0.25, -0.2) is 9.97 Å². The molecule has 0 aromatic carbocycles. The molecule has 6 nitrogen and oxygen atoms in total. The van der Waals surface area contributed by atoms with E-state index in [2.05, 4.69) is 66.6 Å². The third-order valence-electron chi connectivity index (χ3n) is 6.43. The predicted octanol–water partition coefficient (Wildman–Crippen LogP) is 7.53. The monoisotopic (exact) mass is 475 g/mol. The lowest BCUT2D eigenvalue weighted by Gasteiger charge is -2.20. The summed E-state index contributed by atoms with van der Waals surface area (Å²) in [5.74, 6) is 0.613. The van der Waals surface area contributed by atoms with Crippen molar-refractivity contribution in [3.8, 4) is 17.1 Å². The maximum absolute atomic E-state index is 5.85. The van der Waals surface area contributed by atoms with Crippen LogP contribution >= 0.6 is 0 Å². The number of fused-ring (bicyclic) bond motifs is 1. The highest BCUT2D eigenvalue weighted by Gasteiger charge is 2.22. The highest BCUT2D eigenvalue weighted by Crippen LogP contribution is 2.38. The van der Waals surface area contributed by atoms with Gasteiger partial charge < -0.3 is 14.6 Å². The van der Waals surface area contributed by atoms with E-state index in [9.17, 15) is 0 Å². The Morgan fingerprint density at radius 1 is 1.26 bits per heavy atom. The molecule has 0 saturated heterocycles. The van der Waals surface area contributed by atoms with Gasteiger partial charge in [-0.1, -0.05) is 33.3 Å². The van der Waals surface area contributed by atoms with Gasteiger partial charge in [-0.2, -0.15) is 0 Å². The molecule has 188 valence electrons. The van der Waals surface area contributed by atoms with Crippen LogP contribution < -0.4 is 10.1 Å². The van der Waals surface area contributed by atoms with Gasteiger partial charge in [-0.15, -0.1) is 0 Å². The van der Waals surface area contributed by atoms with E-state index in [1.807, 2.05) is 32.2 Å². The first-order valence-corrected chi connectivity index (χ1v) is 13.0. The molecule has 3 aromatic heterocycles. The highest BCUT2D eigenvalue weighted by atomic mass is 16.5. The third-order valence-corrected chi connectivity index (χ3v) is 6.43. The Kier molecular flexibility index (Phi) is 9.47. The highest BCUT2D eigenvalue weighted by molar-refractivity contribution is 5.95. The molecule has 0 aliphatic rings. The molecule has 0 amide bonds. The van der Waals surface area contributed by atoms with E-state index >= 15 is 0 Å². The largest absolute Gasteiger partial charge is 0.477 e. The van der Waals surface area contributed by atoms with Crippen molar-refractivity contribution in [1.82, 2.24) is 14.5 Å². The van der Waals surface area contributed by atoms with Crippen LogP contribution in [0.5, 0.6) is 5.88 Å². The van der Waals surface area contributed by atoms with Gasteiger partial charge in [0, 0.05) is 24.1 Å². The lowest BCUT2D eigenvalue weighted by molar-refractivity contribution is 0.328. The summed E-state index contributed by atoms with van der Waals surface area (Å²) in [7, 11) is 0. The molecular formula is C29H41N5O. The predicted molar refractivity (Wildman–Crippen MR) is 149 cm³/mol. The van der Waals surface area contributed by atoms with Crippen LogP contribution in [0.2, 0.25) is 0 Å². The number of nitrogens with one attached hydrogen (secondary N) is 1. The number of hydrogen-bond donors (Lipinski definition) is 1. The summed E-state index contributed by atoms with van der Waals surface area (Å²) in [5.41, 5.74) is 8.65. The van der Waals surface area contributed by atoms with Crippen molar-refractivity contribution in [3.05, 3.63) is 47.4 Å². The second kappa shape index (κ2) is 12.5. The van der Waals surface area contributed by atoms with Gasteiger partial charge in [-0.05, 0) is 70.7 Å². The van der Waals surface area contributed by atoms with Crippen molar-refractivity contribution in [3.63, 3.8) is 0 Å². The fourth-order valence-electron chi connectivity index (χ4n) is 4.54. The van der Waals surface area contributed by atoms with Crippen LogP contribution in [0, 0.1) is 6.92 Å². The van der Waals surface area contributed by atoms with E-state index in [1.54, 1.807) is 6.20 Å². The van der Waals surface area contributed by atoms with Crippen molar-refractivity contribution in [1.29, 1.82) is 0 Å². The molecule has 3 heterocycles. The number of ether oxygens (including phenoxy) is 1. The third kappa shape index (κ3) is 5.75. The van der Waals surface area contributed by atoms with E-state index < -0.39 is 0 Å². The Labute approximate surface area is 210 Å². The van der Waals surface area contributed by atoms with Gasteiger partial charge >= 0.3 is 0 Å². The first-order chi connectivity index (χ1) is 17.0. The number of pyridine rings is 2. The maximum atomic E-state index is 5.85. The summed E-state index contributed by atoms with van der Waals surface area (Å²) in [6.45, 7) is 16.3.